The van der Waals surface area contributed by atoms with Gasteiger partial charge in [0.05, 0.1) is 0 Å². The molecule has 1 aliphatic carbocycles. The maximum atomic E-state index is 12.9. The van der Waals surface area contributed by atoms with Crippen molar-refractivity contribution in [3.63, 3.8) is 0 Å². The summed E-state index contributed by atoms with van der Waals surface area (Å²) >= 11 is 0. The van der Waals surface area contributed by atoms with Crippen LogP contribution in [0.5, 0.6) is 0 Å². The number of para-hydroxylation sites is 1. The molecule has 1 aliphatic rings. The summed E-state index contributed by atoms with van der Waals surface area (Å²) in [4.78, 5) is 25.6. The smallest absolute Gasteiger partial charge is 0.293 e. The van der Waals surface area contributed by atoms with Crippen LogP contribution in [0, 0.1) is 19.8 Å². The summed E-state index contributed by atoms with van der Waals surface area (Å²) in [7, 11) is 0. The van der Waals surface area contributed by atoms with E-state index in [0.29, 0.717) is 17.0 Å². The number of nitrogens with one attached hydrogen (secondary N) is 2. The first kappa shape index (κ1) is 18.3. The number of amides is 2. The summed E-state index contributed by atoms with van der Waals surface area (Å²) in [5.74, 6) is -0.277. The molecule has 3 aromatic rings. The second-order valence-electron chi connectivity index (χ2n) is 7.53. The zero-order valence-electron chi connectivity index (χ0n) is 16.2. The Morgan fingerprint density at radius 2 is 1.71 bits per heavy atom. The standard InChI is InChI=1S/C23H24N2O3/c1-14-11-12-17(13-15(14)2)24-23(27)21-20(18-9-5-6-10-19(18)28-21)25-22(26)16-7-3-4-8-16/h5-6,9-13,16H,3-4,7-8H2,1-2H3,(H,24,27)(H,25,26). The topological polar surface area (TPSA) is 71.3 Å². The lowest BCUT2D eigenvalue weighted by Crippen LogP contribution is -2.22. The van der Waals surface area contributed by atoms with Crippen LogP contribution >= 0.6 is 0 Å². The van der Waals surface area contributed by atoms with Crippen molar-refractivity contribution in [3.8, 4) is 0 Å². The second kappa shape index (κ2) is 7.50. The molecule has 0 saturated heterocycles. The Hall–Kier alpha value is -3.08. The molecule has 1 heterocycles. The SMILES string of the molecule is Cc1ccc(NC(=O)c2oc3ccccc3c2NC(=O)C2CCCC2)cc1C. The summed E-state index contributed by atoms with van der Waals surface area (Å²) in [5, 5.41) is 6.59. The van der Waals surface area contributed by atoms with Crippen LogP contribution in [0.15, 0.2) is 46.9 Å². The summed E-state index contributed by atoms with van der Waals surface area (Å²) in [6.45, 7) is 4.02. The van der Waals surface area contributed by atoms with E-state index in [-0.39, 0.29) is 23.5 Å². The molecule has 0 unspecified atom stereocenters. The van der Waals surface area contributed by atoms with E-state index in [4.69, 9.17) is 4.42 Å². The van der Waals surface area contributed by atoms with Crippen molar-refractivity contribution in [3.05, 3.63) is 59.4 Å². The largest absolute Gasteiger partial charge is 0.449 e. The maximum Gasteiger partial charge on any atom is 0.293 e. The Balaban J connectivity index is 1.66. The Labute approximate surface area is 164 Å². The van der Waals surface area contributed by atoms with Gasteiger partial charge in [-0.05, 0) is 62.1 Å². The number of aryl methyl sites for hydroxylation is 2. The van der Waals surface area contributed by atoms with E-state index in [9.17, 15) is 9.59 Å². The van der Waals surface area contributed by atoms with Crippen molar-refractivity contribution < 1.29 is 14.0 Å². The van der Waals surface area contributed by atoms with Crippen molar-refractivity contribution in [1.29, 1.82) is 0 Å². The first-order valence-corrected chi connectivity index (χ1v) is 9.74. The zero-order chi connectivity index (χ0) is 19.7. The van der Waals surface area contributed by atoms with Gasteiger partial charge < -0.3 is 15.1 Å². The molecular formula is C23H24N2O3. The average Bonchev–Trinajstić information content (AvgIpc) is 3.33. The highest BCUT2D eigenvalue weighted by Crippen LogP contribution is 2.33. The number of benzene rings is 2. The number of carbonyl (C=O) groups is 2. The van der Waals surface area contributed by atoms with Gasteiger partial charge in [-0.2, -0.15) is 0 Å². The van der Waals surface area contributed by atoms with Crippen LogP contribution < -0.4 is 10.6 Å². The average molecular weight is 376 g/mol. The lowest BCUT2D eigenvalue weighted by Gasteiger charge is -2.11. The van der Waals surface area contributed by atoms with Crippen LogP contribution in [0.4, 0.5) is 11.4 Å². The molecule has 28 heavy (non-hydrogen) atoms. The minimum atomic E-state index is -0.374. The van der Waals surface area contributed by atoms with Crippen LogP contribution in [0.25, 0.3) is 11.0 Å². The third-order valence-corrected chi connectivity index (χ3v) is 5.54. The Kier molecular flexibility index (Phi) is 4.90. The molecule has 144 valence electrons. The van der Waals surface area contributed by atoms with Gasteiger partial charge in [0, 0.05) is 17.0 Å². The van der Waals surface area contributed by atoms with Crippen LogP contribution in [0.3, 0.4) is 0 Å². The van der Waals surface area contributed by atoms with Crippen molar-refractivity contribution in [1.82, 2.24) is 0 Å². The summed E-state index contributed by atoms with van der Waals surface area (Å²) in [6.07, 6.45) is 3.94. The number of fused-ring (bicyclic) bond motifs is 1. The Morgan fingerprint density at radius 3 is 2.46 bits per heavy atom. The highest BCUT2D eigenvalue weighted by molar-refractivity contribution is 6.14. The van der Waals surface area contributed by atoms with Crippen molar-refractivity contribution >= 4 is 34.2 Å². The number of furan rings is 1. The number of anilines is 2. The number of carbonyl (C=O) groups excluding carboxylic acids is 2. The van der Waals surface area contributed by atoms with Crippen molar-refractivity contribution in [2.75, 3.05) is 10.6 Å². The van der Waals surface area contributed by atoms with Crippen LogP contribution in [-0.4, -0.2) is 11.8 Å². The number of hydrogen-bond acceptors (Lipinski definition) is 3. The Morgan fingerprint density at radius 1 is 0.964 bits per heavy atom. The maximum absolute atomic E-state index is 12.9. The van der Waals surface area contributed by atoms with Gasteiger partial charge >= 0.3 is 0 Å². The van der Waals surface area contributed by atoms with E-state index in [1.54, 1.807) is 6.07 Å². The molecule has 0 bridgehead atoms. The molecular weight excluding hydrogens is 352 g/mol. The minimum absolute atomic E-state index is 0.00400. The molecule has 1 aromatic heterocycles. The fourth-order valence-corrected chi connectivity index (χ4v) is 3.75. The normalized spacial score (nSPS) is 14.4. The number of rotatable bonds is 4. The molecule has 0 radical (unpaired) electrons. The van der Waals surface area contributed by atoms with Gasteiger partial charge in [-0.15, -0.1) is 0 Å². The molecule has 4 rings (SSSR count). The highest BCUT2D eigenvalue weighted by atomic mass is 16.3. The Bertz CT molecular complexity index is 1050. The molecule has 0 atom stereocenters. The minimum Gasteiger partial charge on any atom is -0.449 e. The summed E-state index contributed by atoms with van der Waals surface area (Å²) in [5.41, 5.74) is 3.98. The third kappa shape index (κ3) is 3.52. The fourth-order valence-electron chi connectivity index (χ4n) is 3.75. The predicted octanol–water partition coefficient (Wildman–Crippen LogP) is 5.43. The van der Waals surface area contributed by atoms with E-state index < -0.39 is 0 Å². The summed E-state index contributed by atoms with van der Waals surface area (Å²) < 4.78 is 5.82. The summed E-state index contributed by atoms with van der Waals surface area (Å²) in [6, 6.07) is 13.1. The molecule has 2 aromatic carbocycles. The van der Waals surface area contributed by atoms with Crippen LogP contribution in [-0.2, 0) is 4.79 Å². The van der Waals surface area contributed by atoms with Gasteiger partial charge in [0.2, 0.25) is 11.7 Å². The lowest BCUT2D eigenvalue weighted by molar-refractivity contribution is -0.119. The van der Waals surface area contributed by atoms with Gasteiger partial charge in [0.15, 0.2) is 0 Å². The first-order valence-electron chi connectivity index (χ1n) is 9.74. The predicted molar refractivity (Wildman–Crippen MR) is 111 cm³/mol. The molecule has 0 spiro atoms. The molecule has 1 saturated carbocycles. The van der Waals surface area contributed by atoms with Crippen molar-refractivity contribution in [2.24, 2.45) is 5.92 Å². The van der Waals surface area contributed by atoms with Gasteiger partial charge in [-0.25, -0.2) is 0 Å². The molecule has 0 aliphatic heterocycles. The van der Waals surface area contributed by atoms with Crippen LogP contribution in [0.2, 0.25) is 0 Å². The zero-order valence-corrected chi connectivity index (χ0v) is 16.2. The van der Waals surface area contributed by atoms with E-state index in [0.717, 1.165) is 42.2 Å². The monoisotopic (exact) mass is 376 g/mol. The lowest BCUT2D eigenvalue weighted by atomic mass is 10.1. The van der Waals surface area contributed by atoms with Gasteiger partial charge in [-0.1, -0.05) is 31.0 Å². The second-order valence-corrected chi connectivity index (χ2v) is 7.53. The van der Waals surface area contributed by atoms with Crippen molar-refractivity contribution in [2.45, 2.75) is 39.5 Å². The first-order chi connectivity index (χ1) is 13.5. The van der Waals surface area contributed by atoms with Gasteiger partial charge in [0.1, 0.15) is 11.3 Å². The molecule has 2 N–H and O–H groups in total. The third-order valence-electron chi connectivity index (χ3n) is 5.54. The molecule has 1 fully saturated rings. The van der Waals surface area contributed by atoms with Gasteiger partial charge in [0.25, 0.3) is 5.91 Å². The van der Waals surface area contributed by atoms with E-state index in [1.165, 1.54) is 0 Å². The quantitative estimate of drug-likeness (QED) is 0.638. The number of hydrogen-bond donors (Lipinski definition) is 2. The molecule has 5 heteroatoms. The highest BCUT2D eigenvalue weighted by Gasteiger charge is 2.27. The molecule has 5 nitrogen and oxygen atoms in total. The van der Waals surface area contributed by atoms with Gasteiger partial charge in [-0.3, -0.25) is 9.59 Å². The van der Waals surface area contributed by atoms with E-state index in [2.05, 4.69) is 10.6 Å². The van der Waals surface area contributed by atoms with E-state index in [1.807, 2.05) is 50.2 Å². The molecule has 2 amide bonds. The van der Waals surface area contributed by atoms with E-state index >= 15 is 0 Å². The van der Waals surface area contributed by atoms with Crippen LogP contribution in [0.1, 0.15) is 47.4 Å². The fraction of sp³-hybridized carbons (Fsp3) is 0.304.